The van der Waals surface area contributed by atoms with Crippen LogP contribution < -0.4 is 15.4 Å². The first-order chi connectivity index (χ1) is 14.0. The Hall–Kier alpha value is -1.87. The Bertz CT molecular complexity index is 607. The van der Waals surface area contributed by atoms with Crippen LogP contribution in [0.4, 0.5) is 9.80 Å². The van der Waals surface area contributed by atoms with Crippen molar-refractivity contribution in [3.05, 3.63) is 5.56 Å². The molecule has 1 heterocycles. The zero-order valence-electron chi connectivity index (χ0n) is 18.0. The third-order valence-electron chi connectivity index (χ3n) is 4.41. The Morgan fingerprint density at radius 1 is 1.07 bits per heavy atom. The highest BCUT2D eigenvalue weighted by Gasteiger charge is 2.23. The lowest BCUT2D eigenvalue weighted by atomic mass is 10.2. The molecule has 0 fully saturated rings. The molecule has 2 amide bonds. The van der Waals surface area contributed by atoms with Crippen LogP contribution in [0, 0.1) is 0 Å². The van der Waals surface area contributed by atoms with Gasteiger partial charge in [-0.15, -0.1) is 0 Å². The summed E-state index contributed by atoms with van der Waals surface area (Å²) in [5.41, 5.74) is -0.0811. The standard InChI is InChI=1S/C20H36N4O4S/c1-4-5-6-9-12-15-28-17-16(19(25)26)18(29-23-17)22-20(27)21-13-10-7-8-11-14-24(2)3/h4-15H2,1-3H3,(H,25,26)(H2,21,22,27). The number of rotatable bonds is 16. The lowest BCUT2D eigenvalue weighted by molar-refractivity contribution is 0.0693. The molecule has 0 bridgehead atoms. The molecule has 0 saturated carbocycles. The lowest BCUT2D eigenvalue weighted by Gasteiger charge is -2.09. The number of carboxylic acids is 1. The number of aromatic carboxylic acids is 1. The maximum atomic E-state index is 12.1. The highest BCUT2D eigenvalue weighted by atomic mass is 32.1. The predicted molar refractivity (Wildman–Crippen MR) is 117 cm³/mol. The van der Waals surface area contributed by atoms with Crippen molar-refractivity contribution in [1.29, 1.82) is 0 Å². The molecule has 0 aromatic carbocycles. The van der Waals surface area contributed by atoms with Gasteiger partial charge in [-0.05, 0) is 51.4 Å². The van der Waals surface area contributed by atoms with Gasteiger partial charge in [0, 0.05) is 6.54 Å². The summed E-state index contributed by atoms with van der Waals surface area (Å²) in [7, 11) is 4.11. The molecule has 0 aliphatic carbocycles. The van der Waals surface area contributed by atoms with Gasteiger partial charge in [-0.1, -0.05) is 45.4 Å². The van der Waals surface area contributed by atoms with Crippen LogP contribution in [-0.4, -0.2) is 60.2 Å². The normalized spacial score (nSPS) is 10.9. The Morgan fingerprint density at radius 2 is 1.76 bits per heavy atom. The molecule has 3 N–H and O–H groups in total. The van der Waals surface area contributed by atoms with Crippen molar-refractivity contribution in [1.82, 2.24) is 14.6 Å². The van der Waals surface area contributed by atoms with E-state index in [1.807, 2.05) is 0 Å². The minimum Gasteiger partial charge on any atom is -0.477 e. The van der Waals surface area contributed by atoms with E-state index in [2.05, 4.69) is 40.9 Å². The van der Waals surface area contributed by atoms with Crippen molar-refractivity contribution in [3.63, 3.8) is 0 Å². The number of carboxylic acid groups (broad SMARTS) is 1. The highest BCUT2D eigenvalue weighted by molar-refractivity contribution is 7.11. The molecule has 0 spiro atoms. The number of carbonyl (C=O) groups is 2. The third kappa shape index (κ3) is 11.0. The second-order valence-corrected chi connectivity index (χ2v) is 8.13. The number of amides is 2. The number of hydrogen-bond donors (Lipinski definition) is 3. The summed E-state index contributed by atoms with van der Waals surface area (Å²) in [6, 6.07) is -0.421. The van der Waals surface area contributed by atoms with Crippen LogP contribution in [0.5, 0.6) is 5.88 Å². The van der Waals surface area contributed by atoms with Gasteiger partial charge in [0.25, 0.3) is 0 Å². The van der Waals surface area contributed by atoms with Crippen LogP contribution in [0.1, 0.15) is 75.1 Å². The zero-order chi connectivity index (χ0) is 21.5. The molecule has 166 valence electrons. The van der Waals surface area contributed by atoms with E-state index in [1.165, 1.54) is 12.8 Å². The molecule has 9 heteroatoms. The third-order valence-corrected chi connectivity index (χ3v) is 5.15. The second-order valence-electron chi connectivity index (χ2n) is 7.36. The average Bonchev–Trinajstić information content (AvgIpc) is 3.06. The molecular formula is C20H36N4O4S. The molecule has 0 aliphatic rings. The van der Waals surface area contributed by atoms with Gasteiger partial charge in [-0.3, -0.25) is 5.32 Å². The van der Waals surface area contributed by atoms with Crippen LogP contribution in [0.3, 0.4) is 0 Å². The number of anilines is 1. The molecule has 0 radical (unpaired) electrons. The molecule has 1 aromatic rings. The monoisotopic (exact) mass is 428 g/mol. The highest BCUT2D eigenvalue weighted by Crippen LogP contribution is 2.30. The maximum Gasteiger partial charge on any atom is 0.344 e. The van der Waals surface area contributed by atoms with E-state index in [4.69, 9.17) is 4.74 Å². The van der Waals surface area contributed by atoms with Gasteiger partial charge in [-0.2, -0.15) is 4.37 Å². The largest absolute Gasteiger partial charge is 0.477 e. The quantitative estimate of drug-likeness (QED) is 0.336. The first-order valence-corrected chi connectivity index (χ1v) is 11.3. The molecular weight excluding hydrogens is 392 g/mol. The first-order valence-electron chi connectivity index (χ1n) is 10.5. The average molecular weight is 429 g/mol. The summed E-state index contributed by atoms with van der Waals surface area (Å²) in [4.78, 5) is 25.8. The van der Waals surface area contributed by atoms with Gasteiger partial charge in [-0.25, -0.2) is 9.59 Å². The van der Waals surface area contributed by atoms with Crippen molar-refractivity contribution >= 4 is 28.5 Å². The SMILES string of the molecule is CCCCCCCOc1nsc(NC(=O)NCCCCCCN(C)C)c1C(=O)O. The summed E-state index contributed by atoms with van der Waals surface area (Å²) >= 11 is 0.925. The molecule has 29 heavy (non-hydrogen) atoms. The van der Waals surface area contributed by atoms with E-state index < -0.39 is 12.0 Å². The van der Waals surface area contributed by atoms with Crippen molar-refractivity contribution in [2.24, 2.45) is 0 Å². The topological polar surface area (TPSA) is 104 Å². The number of hydrogen-bond acceptors (Lipinski definition) is 6. The minimum atomic E-state index is -1.16. The van der Waals surface area contributed by atoms with Gasteiger partial charge in [0.15, 0.2) is 5.56 Å². The Morgan fingerprint density at radius 3 is 2.45 bits per heavy atom. The summed E-state index contributed by atoms with van der Waals surface area (Å²) in [5, 5.41) is 15.0. The van der Waals surface area contributed by atoms with E-state index in [-0.39, 0.29) is 16.4 Å². The van der Waals surface area contributed by atoms with Crippen LogP contribution in [0.15, 0.2) is 0 Å². The van der Waals surface area contributed by atoms with E-state index in [0.717, 1.165) is 63.0 Å². The number of nitrogens with one attached hydrogen (secondary N) is 2. The van der Waals surface area contributed by atoms with E-state index in [1.54, 1.807) is 0 Å². The fourth-order valence-electron chi connectivity index (χ4n) is 2.78. The fraction of sp³-hybridized carbons (Fsp3) is 0.750. The summed E-state index contributed by atoms with van der Waals surface area (Å²) in [6.07, 6.45) is 9.61. The maximum absolute atomic E-state index is 12.1. The van der Waals surface area contributed by atoms with Crippen molar-refractivity contribution in [2.45, 2.75) is 64.7 Å². The number of aromatic nitrogens is 1. The second kappa shape index (κ2) is 15.0. The molecule has 1 aromatic heterocycles. The molecule has 0 unspecified atom stereocenters. The van der Waals surface area contributed by atoms with Gasteiger partial charge in [0.05, 0.1) is 6.61 Å². The summed E-state index contributed by atoms with van der Waals surface area (Å²) < 4.78 is 9.60. The number of nitrogens with zero attached hydrogens (tertiary/aromatic N) is 2. The van der Waals surface area contributed by atoms with Crippen molar-refractivity contribution in [3.8, 4) is 5.88 Å². The molecule has 8 nitrogen and oxygen atoms in total. The first kappa shape index (κ1) is 25.2. The zero-order valence-corrected chi connectivity index (χ0v) is 18.8. The molecule has 0 aliphatic heterocycles. The number of urea groups is 1. The number of unbranched alkanes of at least 4 members (excludes halogenated alkanes) is 7. The predicted octanol–water partition coefficient (Wildman–Crippen LogP) is 4.43. The number of ether oxygens (including phenoxy) is 1. The van der Waals surface area contributed by atoms with E-state index in [9.17, 15) is 14.7 Å². The molecule has 0 atom stereocenters. The minimum absolute atomic E-state index is 0.0779. The van der Waals surface area contributed by atoms with Gasteiger partial charge >= 0.3 is 12.0 Å². The summed E-state index contributed by atoms with van der Waals surface area (Å²) in [6.45, 7) is 4.20. The van der Waals surface area contributed by atoms with E-state index in [0.29, 0.717) is 13.2 Å². The van der Waals surface area contributed by atoms with E-state index >= 15 is 0 Å². The molecule has 1 rings (SSSR count). The number of carbonyl (C=O) groups excluding carboxylic acids is 1. The summed E-state index contributed by atoms with van der Waals surface area (Å²) in [5.74, 6) is -1.08. The Labute approximate surface area is 178 Å². The van der Waals surface area contributed by atoms with Gasteiger partial charge in [0.1, 0.15) is 5.00 Å². The van der Waals surface area contributed by atoms with Crippen LogP contribution >= 0.6 is 11.5 Å². The lowest BCUT2D eigenvalue weighted by Crippen LogP contribution is -2.29. The fourth-order valence-corrected chi connectivity index (χ4v) is 3.50. The van der Waals surface area contributed by atoms with Crippen molar-refractivity contribution < 1.29 is 19.4 Å². The Balaban J connectivity index is 2.36. The Kier molecular flexibility index (Phi) is 13.0. The van der Waals surface area contributed by atoms with Crippen LogP contribution in [0.2, 0.25) is 0 Å². The van der Waals surface area contributed by atoms with Crippen LogP contribution in [0.25, 0.3) is 0 Å². The molecule has 0 saturated heterocycles. The van der Waals surface area contributed by atoms with Gasteiger partial charge < -0.3 is 20.1 Å². The van der Waals surface area contributed by atoms with Crippen molar-refractivity contribution in [2.75, 3.05) is 39.1 Å². The smallest absolute Gasteiger partial charge is 0.344 e. The van der Waals surface area contributed by atoms with Gasteiger partial charge in [0.2, 0.25) is 5.88 Å². The van der Waals surface area contributed by atoms with Crippen LogP contribution in [-0.2, 0) is 0 Å².